The monoisotopic (exact) mass is 221 g/mol. The molecule has 0 amide bonds. The van der Waals surface area contributed by atoms with Crippen molar-refractivity contribution in [1.29, 1.82) is 0 Å². The first-order chi connectivity index (χ1) is 7.72. The molecule has 0 spiro atoms. The highest BCUT2D eigenvalue weighted by molar-refractivity contribution is 5.67. The molecule has 1 aromatic carbocycles. The topological polar surface area (TPSA) is 49.3 Å². The van der Waals surface area contributed by atoms with Crippen LogP contribution in [0, 0.1) is 0 Å². The molecule has 0 aliphatic rings. The summed E-state index contributed by atoms with van der Waals surface area (Å²) >= 11 is 0. The molecule has 0 saturated carbocycles. The van der Waals surface area contributed by atoms with Crippen LogP contribution < -0.4 is 5.32 Å². The molecule has 0 heterocycles. The van der Waals surface area contributed by atoms with Gasteiger partial charge >= 0.3 is 5.97 Å². The van der Waals surface area contributed by atoms with Crippen molar-refractivity contribution in [3.63, 3.8) is 0 Å². The van der Waals surface area contributed by atoms with Gasteiger partial charge in [0.15, 0.2) is 0 Å². The lowest BCUT2D eigenvalue weighted by Gasteiger charge is -2.15. The van der Waals surface area contributed by atoms with Crippen LogP contribution >= 0.6 is 0 Å². The summed E-state index contributed by atoms with van der Waals surface area (Å²) in [6.07, 6.45) is 2.10. The second kappa shape index (κ2) is 7.01. The lowest BCUT2D eigenvalue weighted by Crippen LogP contribution is -2.30. The predicted molar refractivity (Wildman–Crippen MR) is 64.2 cm³/mol. The van der Waals surface area contributed by atoms with Crippen molar-refractivity contribution in [3.8, 4) is 0 Å². The van der Waals surface area contributed by atoms with E-state index in [2.05, 4.69) is 12.2 Å². The number of benzene rings is 1. The molecule has 16 heavy (non-hydrogen) atoms. The molecule has 0 saturated heterocycles. The van der Waals surface area contributed by atoms with E-state index >= 15 is 0 Å². The van der Waals surface area contributed by atoms with Crippen LogP contribution in [0.4, 0.5) is 0 Å². The molecule has 0 aromatic heterocycles. The third-order valence-corrected chi connectivity index (χ3v) is 2.50. The maximum atomic E-state index is 10.7. The Morgan fingerprint density at radius 2 is 2.06 bits per heavy atom. The molecule has 0 unspecified atom stereocenters. The van der Waals surface area contributed by atoms with Crippen LogP contribution in [-0.4, -0.2) is 17.1 Å². The summed E-state index contributed by atoms with van der Waals surface area (Å²) < 4.78 is 0. The summed E-state index contributed by atoms with van der Waals surface area (Å²) in [4.78, 5) is 10.7. The Kier molecular flexibility index (Phi) is 5.57. The first-order valence-electron chi connectivity index (χ1n) is 5.71. The maximum absolute atomic E-state index is 10.7. The third-order valence-electron chi connectivity index (χ3n) is 2.50. The molecule has 88 valence electrons. The fourth-order valence-corrected chi connectivity index (χ4v) is 1.69. The lowest BCUT2D eigenvalue weighted by atomic mass is 10.1. The van der Waals surface area contributed by atoms with E-state index in [9.17, 15) is 4.79 Å². The normalized spacial score (nSPS) is 12.3. The zero-order chi connectivity index (χ0) is 11.8. The minimum atomic E-state index is -0.737. The SMILES string of the molecule is CCC[C@@H](CC(=O)O)NCc1ccccc1. The molecule has 3 heteroatoms. The van der Waals surface area contributed by atoms with Gasteiger partial charge in [-0.05, 0) is 12.0 Å². The van der Waals surface area contributed by atoms with Gasteiger partial charge in [0.1, 0.15) is 0 Å². The Morgan fingerprint density at radius 3 is 2.62 bits per heavy atom. The summed E-state index contributed by atoms with van der Waals surface area (Å²) in [6, 6.07) is 10.1. The second-order valence-corrected chi connectivity index (χ2v) is 3.95. The van der Waals surface area contributed by atoms with Crippen LogP contribution in [0.2, 0.25) is 0 Å². The highest BCUT2D eigenvalue weighted by atomic mass is 16.4. The molecule has 0 radical (unpaired) electrons. The third kappa shape index (κ3) is 4.94. The van der Waals surface area contributed by atoms with Gasteiger partial charge in [0.05, 0.1) is 6.42 Å². The van der Waals surface area contributed by atoms with Gasteiger partial charge in [-0.2, -0.15) is 0 Å². The van der Waals surface area contributed by atoms with Crippen LogP contribution in [0.15, 0.2) is 30.3 Å². The number of nitrogens with one attached hydrogen (secondary N) is 1. The fraction of sp³-hybridized carbons (Fsp3) is 0.462. The van der Waals surface area contributed by atoms with E-state index in [1.807, 2.05) is 30.3 Å². The minimum absolute atomic E-state index is 0.0720. The number of hydrogen-bond donors (Lipinski definition) is 2. The summed E-state index contributed by atoms with van der Waals surface area (Å²) in [5, 5.41) is 12.1. The van der Waals surface area contributed by atoms with Gasteiger partial charge in [-0.15, -0.1) is 0 Å². The quantitative estimate of drug-likeness (QED) is 0.743. The van der Waals surface area contributed by atoms with E-state index in [0.29, 0.717) is 0 Å². The van der Waals surface area contributed by atoms with E-state index in [1.165, 1.54) is 5.56 Å². The van der Waals surface area contributed by atoms with Crippen molar-refractivity contribution in [2.45, 2.75) is 38.8 Å². The molecule has 0 bridgehead atoms. The molecule has 1 rings (SSSR count). The lowest BCUT2D eigenvalue weighted by molar-refractivity contribution is -0.137. The number of carbonyl (C=O) groups is 1. The number of carboxylic acid groups (broad SMARTS) is 1. The summed E-state index contributed by atoms with van der Waals surface area (Å²) in [5.74, 6) is -0.737. The second-order valence-electron chi connectivity index (χ2n) is 3.95. The van der Waals surface area contributed by atoms with Gasteiger partial charge in [-0.1, -0.05) is 43.7 Å². The van der Waals surface area contributed by atoms with E-state index in [4.69, 9.17) is 5.11 Å². The Bertz CT molecular complexity index is 311. The van der Waals surface area contributed by atoms with Crippen LogP contribution in [-0.2, 0) is 11.3 Å². The summed E-state index contributed by atoms with van der Waals surface area (Å²) in [5.41, 5.74) is 1.19. The zero-order valence-corrected chi connectivity index (χ0v) is 9.65. The van der Waals surface area contributed by atoms with Crippen LogP contribution in [0.5, 0.6) is 0 Å². The van der Waals surface area contributed by atoms with Crippen LogP contribution in [0.25, 0.3) is 0 Å². The first kappa shape index (κ1) is 12.7. The average molecular weight is 221 g/mol. The van der Waals surface area contributed by atoms with Gasteiger partial charge in [0, 0.05) is 12.6 Å². The van der Waals surface area contributed by atoms with Crippen molar-refractivity contribution >= 4 is 5.97 Å². The van der Waals surface area contributed by atoms with Crippen molar-refractivity contribution in [3.05, 3.63) is 35.9 Å². The van der Waals surface area contributed by atoms with Crippen LogP contribution in [0.3, 0.4) is 0 Å². The van der Waals surface area contributed by atoms with Crippen molar-refractivity contribution in [2.75, 3.05) is 0 Å². The van der Waals surface area contributed by atoms with E-state index in [0.717, 1.165) is 19.4 Å². The molecule has 0 aliphatic heterocycles. The van der Waals surface area contributed by atoms with E-state index in [-0.39, 0.29) is 12.5 Å². The largest absolute Gasteiger partial charge is 0.481 e. The molecule has 3 nitrogen and oxygen atoms in total. The number of rotatable bonds is 7. The summed E-state index contributed by atoms with van der Waals surface area (Å²) in [7, 11) is 0. The number of carboxylic acids is 1. The standard InChI is InChI=1S/C13H19NO2/c1-2-6-12(9-13(15)16)14-10-11-7-4-3-5-8-11/h3-5,7-8,12,14H,2,6,9-10H2,1H3,(H,15,16)/t12-/m0/s1. The Balaban J connectivity index is 2.40. The fourth-order valence-electron chi connectivity index (χ4n) is 1.69. The Labute approximate surface area is 96.5 Å². The van der Waals surface area contributed by atoms with Gasteiger partial charge in [-0.25, -0.2) is 0 Å². The predicted octanol–water partition coefficient (Wildman–Crippen LogP) is 2.42. The highest BCUT2D eigenvalue weighted by Crippen LogP contribution is 2.04. The molecule has 2 N–H and O–H groups in total. The van der Waals surface area contributed by atoms with E-state index < -0.39 is 5.97 Å². The zero-order valence-electron chi connectivity index (χ0n) is 9.65. The van der Waals surface area contributed by atoms with Crippen molar-refractivity contribution in [1.82, 2.24) is 5.32 Å². The molecular weight excluding hydrogens is 202 g/mol. The summed E-state index contributed by atoms with van der Waals surface area (Å²) in [6.45, 7) is 2.80. The minimum Gasteiger partial charge on any atom is -0.481 e. The van der Waals surface area contributed by atoms with Gasteiger partial charge in [-0.3, -0.25) is 4.79 Å². The smallest absolute Gasteiger partial charge is 0.304 e. The molecule has 1 aromatic rings. The number of hydrogen-bond acceptors (Lipinski definition) is 2. The Morgan fingerprint density at radius 1 is 1.38 bits per heavy atom. The molecule has 0 fully saturated rings. The first-order valence-corrected chi connectivity index (χ1v) is 5.71. The number of aliphatic carboxylic acids is 1. The molecule has 1 atom stereocenters. The average Bonchev–Trinajstić information content (AvgIpc) is 2.27. The van der Waals surface area contributed by atoms with Gasteiger partial charge in [0.25, 0.3) is 0 Å². The molecular formula is C13H19NO2. The highest BCUT2D eigenvalue weighted by Gasteiger charge is 2.11. The van der Waals surface area contributed by atoms with E-state index in [1.54, 1.807) is 0 Å². The van der Waals surface area contributed by atoms with Crippen molar-refractivity contribution < 1.29 is 9.90 Å². The Hall–Kier alpha value is -1.35. The van der Waals surface area contributed by atoms with Crippen molar-refractivity contribution in [2.24, 2.45) is 0 Å². The van der Waals surface area contributed by atoms with Crippen LogP contribution in [0.1, 0.15) is 31.7 Å². The van der Waals surface area contributed by atoms with Gasteiger partial charge < -0.3 is 10.4 Å². The molecule has 0 aliphatic carbocycles. The van der Waals surface area contributed by atoms with Gasteiger partial charge in [0.2, 0.25) is 0 Å². The maximum Gasteiger partial charge on any atom is 0.304 e.